The topological polar surface area (TPSA) is 76.5 Å². The summed E-state index contributed by atoms with van der Waals surface area (Å²) < 4.78 is 20.4. The number of nitrogens with zero attached hydrogens (tertiary/aromatic N) is 1. The van der Waals surface area contributed by atoms with Crippen molar-refractivity contribution < 1.29 is 23.8 Å². The molecule has 1 aromatic heterocycles. The van der Waals surface area contributed by atoms with E-state index in [0.717, 1.165) is 44.0 Å². The molecule has 0 unspecified atom stereocenters. The third-order valence-electron chi connectivity index (χ3n) is 5.81. The molecule has 0 aliphatic heterocycles. The first-order valence-corrected chi connectivity index (χ1v) is 12.5. The highest BCUT2D eigenvalue weighted by Gasteiger charge is 2.21. The number of aromatic hydroxyl groups is 1. The minimum Gasteiger partial charge on any atom is -0.508 e. The average Bonchev–Trinajstić information content (AvgIpc) is 2.80. The molecule has 5 rings (SSSR count). The zero-order valence-corrected chi connectivity index (χ0v) is 21.4. The number of hydrogen-bond donors (Lipinski definition) is 1. The number of fused-ring (bicyclic) bond motifs is 2. The van der Waals surface area contributed by atoms with E-state index in [-0.39, 0.29) is 29.7 Å². The third-order valence-corrected chi connectivity index (χ3v) is 6.72. The molecule has 0 fully saturated rings. The lowest BCUT2D eigenvalue weighted by Gasteiger charge is -2.19. The normalized spacial score (nSPS) is 14.6. The second kappa shape index (κ2) is 10.8. The van der Waals surface area contributed by atoms with E-state index in [1.54, 1.807) is 12.1 Å². The fourth-order valence-electron chi connectivity index (χ4n) is 4.09. The average molecular weight is 591 g/mol. The largest absolute Gasteiger partial charge is 0.508 e. The molecule has 8 heteroatoms. The minimum absolute atomic E-state index is 0.213. The third kappa shape index (κ3) is 6.10. The Hall–Kier alpha value is -2.58. The van der Waals surface area contributed by atoms with Crippen LogP contribution in [0.2, 0.25) is 0 Å². The number of carbonyl (C=O) groups excluding carboxylic acids is 2. The number of rotatable bonds is 3. The number of pyridine rings is 1. The lowest BCUT2D eigenvalue weighted by Crippen LogP contribution is -2.15. The summed E-state index contributed by atoms with van der Waals surface area (Å²) in [6, 6.07) is 10.4. The van der Waals surface area contributed by atoms with Gasteiger partial charge in [-0.1, -0.05) is 31.9 Å². The summed E-state index contributed by atoms with van der Waals surface area (Å²) >= 11 is 6.77. The molecular formula is C26H22Br2FNO4. The van der Waals surface area contributed by atoms with Crippen molar-refractivity contribution in [2.45, 2.75) is 45.1 Å². The number of phenols is 1. The van der Waals surface area contributed by atoms with E-state index >= 15 is 0 Å². The van der Waals surface area contributed by atoms with Crippen molar-refractivity contribution in [1.82, 2.24) is 4.98 Å². The van der Waals surface area contributed by atoms with Crippen molar-refractivity contribution in [1.29, 1.82) is 0 Å². The summed E-state index contributed by atoms with van der Waals surface area (Å²) in [5, 5.41) is 9.57. The number of phenolic OH excluding ortho intramolecular Hbond substituents is 1. The minimum atomic E-state index is -0.371. The fourth-order valence-corrected chi connectivity index (χ4v) is 5.06. The van der Waals surface area contributed by atoms with Crippen molar-refractivity contribution in [3.8, 4) is 11.5 Å². The van der Waals surface area contributed by atoms with Crippen molar-refractivity contribution in [3.63, 3.8) is 0 Å². The maximum absolute atomic E-state index is 12.8. The monoisotopic (exact) mass is 589 g/mol. The summed E-state index contributed by atoms with van der Waals surface area (Å²) in [7, 11) is 0. The van der Waals surface area contributed by atoms with Crippen LogP contribution >= 0.6 is 31.9 Å². The first kappa shape index (κ1) is 24.5. The number of ketones is 2. The van der Waals surface area contributed by atoms with E-state index in [9.17, 15) is 19.1 Å². The second-order valence-corrected chi connectivity index (χ2v) is 10.1. The van der Waals surface area contributed by atoms with Crippen LogP contribution < -0.4 is 4.74 Å². The van der Waals surface area contributed by atoms with E-state index in [4.69, 9.17) is 4.74 Å². The molecule has 34 heavy (non-hydrogen) atoms. The summed E-state index contributed by atoms with van der Waals surface area (Å²) in [5.74, 6) is 1.000. The molecule has 0 saturated carbocycles. The van der Waals surface area contributed by atoms with Crippen LogP contribution in [0.5, 0.6) is 11.5 Å². The molecular weight excluding hydrogens is 569 g/mol. The van der Waals surface area contributed by atoms with Crippen LogP contribution in [-0.2, 0) is 41.9 Å². The standard InChI is InChI=1S/C16H13BrFNO2.C10H9BrO2/c17-11-5-10-1-4-14(20)7-15(10)16(6-11)21-9-13-3-2-12(18)8-19-13;11-7-3-6-1-2-8(12)5-9(6)10(13)4-7/h2-3,5-6,8H,1,4,7,9H2;3-4,13H,1-2,5H2. The van der Waals surface area contributed by atoms with Gasteiger partial charge in [-0.05, 0) is 60.4 Å². The van der Waals surface area contributed by atoms with Gasteiger partial charge in [0.15, 0.2) is 0 Å². The summed E-state index contributed by atoms with van der Waals surface area (Å²) in [6.45, 7) is 0.247. The highest BCUT2D eigenvalue weighted by Crippen LogP contribution is 2.33. The van der Waals surface area contributed by atoms with Gasteiger partial charge in [-0.2, -0.15) is 0 Å². The molecule has 0 atom stereocenters. The first-order chi connectivity index (χ1) is 16.3. The van der Waals surface area contributed by atoms with Crippen molar-refractivity contribution >= 4 is 43.4 Å². The molecule has 0 bridgehead atoms. The lowest BCUT2D eigenvalue weighted by molar-refractivity contribution is -0.119. The van der Waals surface area contributed by atoms with Gasteiger partial charge in [0.1, 0.15) is 35.5 Å². The summed E-state index contributed by atoms with van der Waals surface area (Å²) in [5.41, 5.74) is 4.64. The molecule has 2 aromatic carbocycles. The number of carbonyl (C=O) groups is 2. The molecule has 176 valence electrons. The highest BCUT2D eigenvalue weighted by molar-refractivity contribution is 9.10. The maximum Gasteiger partial charge on any atom is 0.141 e. The van der Waals surface area contributed by atoms with Gasteiger partial charge >= 0.3 is 0 Å². The van der Waals surface area contributed by atoms with Crippen LogP contribution in [-0.4, -0.2) is 21.7 Å². The molecule has 0 radical (unpaired) electrons. The van der Waals surface area contributed by atoms with Gasteiger partial charge in [-0.3, -0.25) is 14.6 Å². The number of hydrogen-bond acceptors (Lipinski definition) is 5. The number of aromatic nitrogens is 1. The van der Waals surface area contributed by atoms with Crippen molar-refractivity contribution in [2.24, 2.45) is 0 Å². The predicted octanol–water partition coefficient (Wildman–Crippen LogP) is 5.83. The van der Waals surface area contributed by atoms with Crippen LogP contribution in [0.3, 0.4) is 0 Å². The number of Topliss-reactive ketones (excluding diaryl/α,β-unsaturated/α-hetero) is 2. The summed E-state index contributed by atoms with van der Waals surface area (Å²) in [4.78, 5) is 26.8. The number of aryl methyl sites for hydroxylation is 2. The van der Waals surface area contributed by atoms with Crippen molar-refractivity contribution in [2.75, 3.05) is 0 Å². The number of ether oxygens (including phenoxy) is 1. The number of halogens is 3. The Morgan fingerprint density at radius 3 is 2.15 bits per heavy atom. The Kier molecular flexibility index (Phi) is 7.78. The van der Waals surface area contributed by atoms with Crippen LogP contribution in [0.1, 0.15) is 40.8 Å². The molecule has 2 aliphatic carbocycles. The lowest BCUT2D eigenvalue weighted by atomic mass is 9.90. The molecule has 0 spiro atoms. The first-order valence-electron chi connectivity index (χ1n) is 10.9. The zero-order chi connectivity index (χ0) is 24.2. The molecule has 5 nitrogen and oxygen atoms in total. The van der Waals surface area contributed by atoms with E-state index in [0.29, 0.717) is 37.1 Å². The Labute approximate surface area is 213 Å². The van der Waals surface area contributed by atoms with E-state index in [2.05, 4.69) is 36.8 Å². The number of benzene rings is 2. The van der Waals surface area contributed by atoms with Crippen LogP contribution in [0.15, 0.2) is 51.5 Å². The van der Waals surface area contributed by atoms with E-state index in [1.165, 1.54) is 12.3 Å². The van der Waals surface area contributed by atoms with E-state index < -0.39 is 0 Å². The molecule has 0 saturated heterocycles. The van der Waals surface area contributed by atoms with Gasteiger partial charge in [0, 0.05) is 45.8 Å². The Bertz CT molecular complexity index is 1240. The van der Waals surface area contributed by atoms with Crippen LogP contribution in [0, 0.1) is 5.82 Å². The molecule has 1 heterocycles. The smallest absolute Gasteiger partial charge is 0.141 e. The van der Waals surface area contributed by atoms with Gasteiger partial charge in [-0.25, -0.2) is 4.39 Å². The molecule has 1 N–H and O–H groups in total. The second-order valence-electron chi connectivity index (χ2n) is 8.29. The maximum atomic E-state index is 12.8. The van der Waals surface area contributed by atoms with Gasteiger partial charge in [0.05, 0.1) is 11.9 Å². The Morgan fingerprint density at radius 2 is 1.50 bits per heavy atom. The highest BCUT2D eigenvalue weighted by atomic mass is 79.9. The van der Waals surface area contributed by atoms with Gasteiger partial charge < -0.3 is 9.84 Å². The Morgan fingerprint density at radius 1 is 0.882 bits per heavy atom. The van der Waals surface area contributed by atoms with Crippen LogP contribution in [0.25, 0.3) is 0 Å². The van der Waals surface area contributed by atoms with Crippen molar-refractivity contribution in [3.05, 3.63) is 85.3 Å². The molecule has 2 aliphatic rings. The van der Waals surface area contributed by atoms with Crippen LogP contribution in [0.4, 0.5) is 4.39 Å². The molecule has 3 aromatic rings. The van der Waals surface area contributed by atoms with E-state index in [1.807, 2.05) is 18.2 Å². The van der Waals surface area contributed by atoms with Gasteiger partial charge in [0.25, 0.3) is 0 Å². The SMILES string of the molecule is O=C1CCc2cc(Br)cc(O)c2C1.O=C1CCc2cc(Br)cc(OCc3ccc(F)cn3)c2C1. The summed E-state index contributed by atoms with van der Waals surface area (Å²) in [6.07, 6.45) is 4.65. The quantitative estimate of drug-likeness (QED) is 0.415. The fraction of sp³-hybridized carbons (Fsp3) is 0.269. The predicted molar refractivity (Wildman–Crippen MR) is 133 cm³/mol. The van der Waals surface area contributed by atoms with Gasteiger partial charge in [-0.15, -0.1) is 0 Å². The zero-order valence-electron chi connectivity index (χ0n) is 18.2. The molecule has 0 amide bonds. The van der Waals surface area contributed by atoms with Gasteiger partial charge in [0.2, 0.25) is 0 Å². The Balaban J connectivity index is 0.000000180.